The second-order valence-corrected chi connectivity index (χ2v) is 11.5. The second kappa shape index (κ2) is 10.7. The van der Waals surface area contributed by atoms with Crippen LogP contribution in [0, 0.1) is 11.8 Å². The number of fused-ring (bicyclic) bond motifs is 2. The molecule has 4 heterocycles. The van der Waals surface area contributed by atoms with Crippen molar-refractivity contribution in [2.75, 3.05) is 24.7 Å². The van der Waals surface area contributed by atoms with Crippen molar-refractivity contribution in [1.82, 2.24) is 4.90 Å². The highest BCUT2D eigenvalue weighted by Crippen LogP contribution is 2.59. The van der Waals surface area contributed by atoms with Gasteiger partial charge in [0.1, 0.15) is 23.2 Å². The maximum atomic E-state index is 14.7. The van der Waals surface area contributed by atoms with Gasteiger partial charge >= 0.3 is 5.97 Å². The molecule has 0 bridgehead atoms. The van der Waals surface area contributed by atoms with Crippen LogP contribution in [0.2, 0.25) is 5.02 Å². The van der Waals surface area contributed by atoms with Crippen molar-refractivity contribution < 1.29 is 29.0 Å². The molecular formula is C32H33ClN2O6. The molecule has 2 aromatic carbocycles. The molecule has 214 valence electrons. The molecular weight excluding hydrogens is 544 g/mol. The van der Waals surface area contributed by atoms with Crippen molar-refractivity contribution >= 4 is 35.1 Å². The number of hydrogen-bond acceptors (Lipinski definition) is 6. The smallest absolute Gasteiger partial charge is 0.313 e. The van der Waals surface area contributed by atoms with Gasteiger partial charge in [0.2, 0.25) is 5.91 Å². The fourth-order valence-electron chi connectivity index (χ4n) is 7.08. The standard InChI is InChI=1S/C32H33ClN2O6/c1-2-31-15-8-9-18-40-30(39)26(31)25-28(37)35(22(20-36)19-21-11-4-3-5-12-21)27-29(38)34(17-10-16-32(25,27)41-31)24-14-7-6-13-23(24)33/h3-8,10-16,22,25-27,36H,2,9,17-20H2,1H3/t22-,25+,26+,27?,31-,32+/m1/s1. The van der Waals surface area contributed by atoms with E-state index in [1.807, 2.05) is 55.5 Å². The Kier molecular flexibility index (Phi) is 7.26. The van der Waals surface area contributed by atoms with Gasteiger partial charge in [-0.25, -0.2) is 0 Å². The summed E-state index contributed by atoms with van der Waals surface area (Å²) < 4.78 is 12.5. The highest BCUT2D eigenvalue weighted by Gasteiger charge is 2.76. The lowest BCUT2D eigenvalue weighted by molar-refractivity contribution is -0.161. The minimum atomic E-state index is -1.46. The molecule has 9 heteroatoms. The second-order valence-electron chi connectivity index (χ2n) is 11.1. The number of anilines is 1. The van der Waals surface area contributed by atoms with Crippen molar-refractivity contribution in [3.63, 3.8) is 0 Å². The van der Waals surface area contributed by atoms with Crippen molar-refractivity contribution in [1.29, 1.82) is 0 Å². The number of ether oxygens (including phenoxy) is 2. The lowest BCUT2D eigenvalue weighted by Crippen LogP contribution is -2.59. The van der Waals surface area contributed by atoms with Gasteiger partial charge in [0.15, 0.2) is 0 Å². The summed E-state index contributed by atoms with van der Waals surface area (Å²) in [5, 5.41) is 11.1. The number of cyclic esters (lactones) is 1. The Balaban J connectivity index is 1.53. The van der Waals surface area contributed by atoms with Gasteiger partial charge in [0.25, 0.3) is 5.91 Å². The predicted octanol–water partition coefficient (Wildman–Crippen LogP) is 3.71. The van der Waals surface area contributed by atoms with E-state index in [9.17, 15) is 19.5 Å². The Labute approximate surface area is 244 Å². The van der Waals surface area contributed by atoms with Crippen molar-refractivity contribution in [2.45, 2.75) is 49.5 Å². The Morgan fingerprint density at radius 1 is 1.00 bits per heavy atom. The van der Waals surface area contributed by atoms with E-state index in [1.54, 1.807) is 35.2 Å². The van der Waals surface area contributed by atoms with Gasteiger partial charge in [-0.3, -0.25) is 14.4 Å². The van der Waals surface area contributed by atoms with Gasteiger partial charge in [-0.05, 0) is 37.0 Å². The van der Waals surface area contributed by atoms with E-state index in [4.69, 9.17) is 21.1 Å². The maximum absolute atomic E-state index is 14.7. The van der Waals surface area contributed by atoms with Gasteiger partial charge in [-0.1, -0.05) is 85.3 Å². The minimum absolute atomic E-state index is 0.200. The van der Waals surface area contributed by atoms with Gasteiger partial charge in [-0.15, -0.1) is 0 Å². The number of aliphatic hydroxyl groups excluding tert-OH is 1. The lowest BCUT2D eigenvalue weighted by atomic mass is 9.73. The van der Waals surface area contributed by atoms with Crippen LogP contribution in [0.25, 0.3) is 0 Å². The van der Waals surface area contributed by atoms with Crippen LogP contribution in [0.5, 0.6) is 0 Å². The SMILES string of the molecule is CC[C@@]12C=CCCOC(=O)[C@@H]1[C@H]1C(=O)N([C@@H](CO)Cc3ccccc3)C3C(=O)N(c4ccccc4Cl)CC=C[C@@]31O2. The average molecular weight is 577 g/mol. The third-order valence-electron chi connectivity index (χ3n) is 8.90. The maximum Gasteiger partial charge on any atom is 0.313 e. The first-order chi connectivity index (χ1) is 19.9. The molecule has 1 unspecified atom stereocenters. The van der Waals surface area contributed by atoms with Gasteiger partial charge in [-0.2, -0.15) is 0 Å². The quantitative estimate of drug-likeness (QED) is 0.416. The normalized spacial score (nSPS) is 31.6. The zero-order valence-electron chi connectivity index (χ0n) is 22.8. The number of amides is 2. The molecule has 8 nitrogen and oxygen atoms in total. The zero-order valence-corrected chi connectivity index (χ0v) is 23.6. The number of carbonyl (C=O) groups excluding carboxylic acids is 3. The van der Waals surface area contributed by atoms with E-state index in [1.165, 1.54) is 4.90 Å². The van der Waals surface area contributed by atoms with Crippen LogP contribution in [-0.2, 0) is 30.3 Å². The zero-order chi connectivity index (χ0) is 28.8. The van der Waals surface area contributed by atoms with Crippen molar-refractivity contribution in [3.8, 4) is 0 Å². The van der Waals surface area contributed by atoms with Crippen LogP contribution in [-0.4, -0.2) is 70.8 Å². The predicted molar refractivity (Wildman–Crippen MR) is 153 cm³/mol. The summed E-state index contributed by atoms with van der Waals surface area (Å²) in [7, 11) is 0. The topological polar surface area (TPSA) is 96.4 Å². The summed E-state index contributed by atoms with van der Waals surface area (Å²) in [6.07, 6.45) is 8.65. The van der Waals surface area contributed by atoms with Crippen LogP contribution in [0.3, 0.4) is 0 Å². The number of halogens is 1. The highest BCUT2D eigenvalue weighted by atomic mass is 35.5. The molecule has 2 fully saturated rings. The van der Waals surface area contributed by atoms with E-state index in [0.717, 1.165) is 5.56 Å². The molecule has 2 aromatic rings. The van der Waals surface area contributed by atoms with Gasteiger partial charge in [0, 0.05) is 6.54 Å². The van der Waals surface area contributed by atoms with E-state index >= 15 is 0 Å². The van der Waals surface area contributed by atoms with E-state index < -0.39 is 47.0 Å². The van der Waals surface area contributed by atoms with Gasteiger partial charge < -0.3 is 24.4 Å². The van der Waals surface area contributed by atoms with Crippen LogP contribution in [0.1, 0.15) is 25.3 Å². The third-order valence-corrected chi connectivity index (χ3v) is 9.22. The van der Waals surface area contributed by atoms with E-state index in [-0.39, 0.29) is 25.7 Å². The highest BCUT2D eigenvalue weighted by molar-refractivity contribution is 6.34. The Hall–Kier alpha value is -3.46. The Morgan fingerprint density at radius 3 is 2.49 bits per heavy atom. The number of aliphatic hydroxyl groups is 1. The minimum Gasteiger partial charge on any atom is -0.465 e. The summed E-state index contributed by atoms with van der Waals surface area (Å²) in [5.74, 6) is -3.27. The number of esters is 1. The third kappa shape index (κ3) is 4.31. The van der Waals surface area contributed by atoms with Crippen LogP contribution < -0.4 is 4.90 Å². The first kappa shape index (κ1) is 27.7. The first-order valence-electron chi connectivity index (χ1n) is 14.1. The van der Waals surface area contributed by atoms with E-state index in [2.05, 4.69) is 0 Å². The first-order valence-corrected chi connectivity index (χ1v) is 14.5. The molecule has 4 aliphatic heterocycles. The van der Waals surface area contributed by atoms with Crippen molar-refractivity contribution in [3.05, 3.63) is 89.5 Å². The fraction of sp³-hybridized carbons (Fsp3) is 0.406. The number of nitrogens with zero attached hydrogens (tertiary/aromatic N) is 2. The molecule has 4 aliphatic rings. The molecule has 0 aliphatic carbocycles. The molecule has 6 rings (SSSR count). The van der Waals surface area contributed by atoms with Crippen LogP contribution >= 0.6 is 11.6 Å². The number of rotatable bonds is 6. The lowest BCUT2D eigenvalue weighted by Gasteiger charge is -2.41. The largest absolute Gasteiger partial charge is 0.465 e. The number of benzene rings is 2. The Morgan fingerprint density at radius 2 is 1.76 bits per heavy atom. The summed E-state index contributed by atoms with van der Waals surface area (Å²) >= 11 is 6.55. The monoisotopic (exact) mass is 576 g/mol. The van der Waals surface area contributed by atoms with E-state index in [0.29, 0.717) is 30.0 Å². The van der Waals surface area contributed by atoms with Crippen molar-refractivity contribution in [2.24, 2.45) is 11.8 Å². The molecule has 41 heavy (non-hydrogen) atoms. The van der Waals surface area contributed by atoms with Crippen LogP contribution in [0.4, 0.5) is 5.69 Å². The number of likely N-dealkylation sites (tertiary alicyclic amines) is 1. The molecule has 1 N–H and O–H groups in total. The summed E-state index contributed by atoms with van der Waals surface area (Å²) in [6.45, 7) is 1.93. The summed E-state index contributed by atoms with van der Waals surface area (Å²) in [6, 6.07) is 14.7. The number of para-hydroxylation sites is 1. The molecule has 2 saturated heterocycles. The molecule has 1 spiro atoms. The molecule has 0 aromatic heterocycles. The average Bonchev–Trinajstić information content (AvgIpc) is 3.33. The number of carbonyl (C=O) groups is 3. The molecule has 6 atom stereocenters. The molecule has 0 radical (unpaired) electrons. The Bertz CT molecular complexity index is 1410. The summed E-state index contributed by atoms with van der Waals surface area (Å²) in [5.41, 5.74) is -1.17. The number of hydrogen-bond donors (Lipinski definition) is 1. The molecule has 2 amide bonds. The fourth-order valence-corrected chi connectivity index (χ4v) is 7.32. The van der Waals surface area contributed by atoms with Crippen LogP contribution in [0.15, 0.2) is 78.9 Å². The molecule has 0 saturated carbocycles. The summed E-state index contributed by atoms with van der Waals surface area (Å²) in [4.78, 5) is 46.0. The van der Waals surface area contributed by atoms with Gasteiger partial charge in [0.05, 0.1) is 35.9 Å².